The van der Waals surface area contributed by atoms with Gasteiger partial charge in [0.2, 0.25) is 0 Å². The highest BCUT2D eigenvalue weighted by Gasteiger charge is 2.29. The predicted octanol–water partition coefficient (Wildman–Crippen LogP) is 2.14. The summed E-state index contributed by atoms with van der Waals surface area (Å²) in [5.74, 6) is -1.30. The standard InChI is InChI=1S/C13H10N2O4S2/c1-15(10-5-3-2-4-9(10)8-14)21(18,19)11-6-7-20-12(11)13(16)17/h2-7H,1H3,(H,16,17). The first-order chi connectivity index (χ1) is 9.89. The number of aromatic carboxylic acids is 1. The average molecular weight is 322 g/mol. The molecule has 108 valence electrons. The molecule has 1 aromatic carbocycles. The largest absolute Gasteiger partial charge is 0.477 e. The Hall–Kier alpha value is -2.37. The lowest BCUT2D eigenvalue weighted by Gasteiger charge is -2.20. The van der Waals surface area contributed by atoms with Crippen LogP contribution in [0, 0.1) is 11.3 Å². The highest BCUT2D eigenvalue weighted by atomic mass is 32.2. The fourth-order valence-electron chi connectivity index (χ4n) is 1.78. The van der Waals surface area contributed by atoms with E-state index in [1.54, 1.807) is 12.1 Å². The normalized spacial score (nSPS) is 10.9. The number of hydrogen-bond acceptors (Lipinski definition) is 5. The van der Waals surface area contributed by atoms with Crippen molar-refractivity contribution in [3.63, 3.8) is 0 Å². The van der Waals surface area contributed by atoms with Gasteiger partial charge in [-0.25, -0.2) is 13.2 Å². The molecule has 0 bridgehead atoms. The lowest BCUT2D eigenvalue weighted by atomic mass is 10.2. The fourth-order valence-corrected chi connectivity index (χ4v) is 4.22. The first-order valence-electron chi connectivity index (χ1n) is 5.68. The van der Waals surface area contributed by atoms with Crippen LogP contribution in [0.25, 0.3) is 0 Å². The highest BCUT2D eigenvalue weighted by molar-refractivity contribution is 7.93. The van der Waals surface area contributed by atoms with Gasteiger partial charge in [0.25, 0.3) is 10.0 Å². The van der Waals surface area contributed by atoms with Gasteiger partial charge in [0, 0.05) is 7.05 Å². The van der Waals surface area contributed by atoms with Crippen molar-refractivity contribution in [1.29, 1.82) is 5.26 Å². The summed E-state index contributed by atoms with van der Waals surface area (Å²) >= 11 is 0.837. The van der Waals surface area contributed by atoms with Gasteiger partial charge in [0.15, 0.2) is 0 Å². The summed E-state index contributed by atoms with van der Waals surface area (Å²) in [6.07, 6.45) is 0. The molecule has 0 spiro atoms. The molecule has 1 heterocycles. The Balaban J connectivity index is 2.57. The van der Waals surface area contributed by atoms with E-state index >= 15 is 0 Å². The van der Waals surface area contributed by atoms with E-state index in [2.05, 4.69) is 0 Å². The summed E-state index contributed by atoms with van der Waals surface area (Å²) in [5, 5.41) is 19.5. The predicted molar refractivity (Wildman–Crippen MR) is 78.0 cm³/mol. The Morgan fingerprint density at radius 2 is 2.00 bits per heavy atom. The summed E-state index contributed by atoms with van der Waals surface area (Å²) in [6, 6.07) is 9.36. The minimum absolute atomic E-state index is 0.190. The molecular formula is C13H10N2O4S2. The van der Waals surface area contributed by atoms with E-state index in [0.717, 1.165) is 15.6 Å². The van der Waals surface area contributed by atoms with Crippen LogP contribution in [0.5, 0.6) is 0 Å². The van der Waals surface area contributed by atoms with E-state index in [1.165, 1.54) is 30.6 Å². The minimum Gasteiger partial charge on any atom is -0.477 e. The van der Waals surface area contributed by atoms with E-state index in [-0.39, 0.29) is 21.0 Å². The first-order valence-corrected chi connectivity index (χ1v) is 8.00. The summed E-state index contributed by atoms with van der Waals surface area (Å²) in [7, 11) is -2.76. The number of hydrogen-bond donors (Lipinski definition) is 1. The third kappa shape index (κ3) is 2.61. The molecule has 6 nitrogen and oxygen atoms in total. The van der Waals surface area contributed by atoms with Gasteiger partial charge < -0.3 is 5.11 Å². The molecule has 8 heteroatoms. The van der Waals surface area contributed by atoms with Crippen LogP contribution in [-0.4, -0.2) is 26.5 Å². The molecular weight excluding hydrogens is 312 g/mol. The van der Waals surface area contributed by atoms with Gasteiger partial charge in [-0.3, -0.25) is 4.31 Å². The highest BCUT2D eigenvalue weighted by Crippen LogP contribution is 2.29. The molecule has 1 N–H and O–H groups in total. The lowest BCUT2D eigenvalue weighted by molar-refractivity contribution is 0.0698. The average Bonchev–Trinajstić information content (AvgIpc) is 2.96. The molecule has 21 heavy (non-hydrogen) atoms. The second-order valence-corrected chi connectivity index (χ2v) is 6.87. The minimum atomic E-state index is -4.05. The second kappa shape index (κ2) is 5.55. The van der Waals surface area contributed by atoms with E-state index in [9.17, 15) is 13.2 Å². The molecule has 0 unspecified atom stereocenters. The molecule has 0 aliphatic carbocycles. The molecule has 2 aromatic rings. The number of para-hydroxylation sites is 1. The van der Waals surface area contributed by atoms with Crippen LogP contribution >= 0.6 is 11.3 Å². The first kappa shape index (κ1) is 15.0. The number of carbonyl (C=O) groups is 1. The summed E-state index contributed by atoms with van der Waals surface area (Å²) < 4.78 is 26.0. The molecule has 1 aromatic heterocycles. The monoisotopic (exact) mass is 322 g/mol. The second-order valence-electron chi connectivity index (χ2n) is 4.02. The smallest absolute Gasteiger partial charge is 0.347 e. The van der Waals surface area contributed by atoms with Crippen LogP contribution in [0.2, 0.25) is 0 Å². The van der Waals surface area contributed by atoms with Gasteiger partial charge in [0.05, 0.1) is 11.3 Å². The summed E-state index contributed by atoms with van der Waals surface area (Å²) in [5.41, 5.74) is 0.387. The van der Waals surface area contributed by atoms with Crippen molar-refractivity contribution in [2.24, 2.45) is 0 Å². The number of nitriles is 1. The van der Waals surface area contributed by atoms with E-state index in [4.69, 9.17) is 10.4 Å². The van der Waals surface area contributed by atoms with Crippen LogP contribution in [0.15, 0.2) is 40.6 Å². The van der Waals surface area contributed by atoms with Crippen molar-refractivity contribution >= 4 is 33.0 Å². The van der Waals surface area contributed by atoms with Crippen molar-refractivity contribution in [1.82, 2.24) is 0 Å². The maximum Gasteiger partial charge on any atom is 0.347 e. The Morgan fingerprint density at radius 1 is 1.33 bits per heavy atom. The van der Waals surface area contributed by atoms with Crippen molar-refractivity contribution in [3.8, 4) is 6.07 Å². The molecule has 0 atom stereocenters. The molecule has 2 rings (SSSR count). The SMILES string of the molecule is CN(c1ccccc1C#N)S(=O)(=O)c1ccsc1C(=O)O. The van der Waals surface area contributed by atoms with Crippen molar-refractivity contribution < 1.29 is 18.3 Å². The zero-order valence-electron chi connectivity index (χ0n) is 10.8. The third-order valence-corrected chi connectivity index (χ3v) is 5.67. The number of sulfonamides is 1. The Labute approximate surface area is 125 Å². The van der Waals surface area contributed by atoms with Crippen molar-refractivity contribution in [3.05, 3.63) is 46.2 Å². The summed E-state index contributed by atoms with van der Waals surface area (Å²) in [4.78, 5) is 10.6. The van der Waals surface area contributed by atoms with Crippen molar-refractivity contribution in [2.45, 2.75) is 4.90 Å². The fraction of sp³-hybridized carbons (Fsp3) is 0.0769. The van der Waals surface area contributed by atoms with E-state index in [1.807, 2.05) is 6.07 Å². The Morgan fingerprint density at radius 3 is 2.62 bits per heavy atom. The lowest BCUT2D eigenvalue weighted by Crippen LogP contribution is -2.28. The topological polar surface area (TPSA) is 98.5 Å². The maximum atomic E-state index is 12.5. The molecule has 0 aliphatic rings. The van der Waals surface area contributed by atoms with Crippen LogP contribution in [-0.2, 0) is 10.0 Å². The number of anilines is 1. The summed E-state index contributed by atoms with van der Waals surface area (Å²) in [6.45, 7) is 0. The quantitative estimate of drug-likeness (QED) is 0.930. The number of nitrogens with zero attached hydrogens (tertiary/aromatic N) is 2. The van der Waals surface area contributed by atoms with E-state index < -0.39 is 16.0 Å². The van der Waals surface area contributed by atoms with Crippen molar-refractivity contribution in [2.75, 3.05) is 11.4 Å². The number of rotatable bonds is 4. The number of carboxylic acids is 1. The van der Waals surface area contributed by atoms with Gasteiger partial charge in [-0.2, -0.15) is 5.26 Å². The number of benzene rings is 1. The molecule has 0 amide bonds. The van der Waals surface area contributed by atoms with Gasteiger partial charge in [-0.1, -0.05) is 12.1 Å². The molecule has 0 aliphatic heterocycles. The molecule has 0 saturated carbocycles. The van der Waals surface area contributed by atoms with Crippen LogP contribution in [0.3, 0.4) is 0 Å². The van der Waals surface area contributed by atoms with Gasteiger partial charge >= 0.3 is 5.97 Å². The number of carboxylic acid groups (broad SMARTS) is 1. The molecule has 0 saturated heterocycles. The van der Waals surface area contributed by atoms with Crippen LogP contribution in [0.4, 0.5) is 5.69 Å². The Bertz CT molecular complexity index is 834. The Kier molecular flexibility index (Phi) is 3.97. The molecule has 0 radical (unpaired) electrons. The van der Waals surface area contributed by atoms with Crippen LogP contribution in [0.1, 0.15) is 15.2 Å². The van der Waals surface area contributed by atoms with Gasteiger partial charge in [0.1, 0.15) is 15.8 Å². The molecule has 0 fully saturated rings. The zero-order chi connectivity index (χ0) is 15.6. The third-order valence-electron chi connectivity index (χ3n) is 2.83. The van der Waals surface area contributed by atoms with Gasteiger partial charge in [-0.15, -0.1) is 11.3 Å². The zero-order valence-corrected chi connectivity index (χ0v) is 12.5. The van der Waals surface area contributed by atoms with Gasteiger partial charge in [-0.05, 0) is 23.6 Å². The maximum absolute atomic E-state index is 12.5. The van der Waals surface area contributed by atoms with E-state index in [0.29, 0.717) is 0 Å². The number of thiophene rings is 1. The van der Waals surface area contributed by atoms with Crippen LogP contribution < -0.4 is 4.31 Å².